The molecule has 20 heavy (non-hydrogen) atoms. The Morgan fingerprint density at radius 3 is 2.00 bits per heavy atom. The maximum atomic E-state index is 10.6. The molecule has 0 aromatic rings. The van der Waals surface area contributed by atoms with Crippen LogP contribution >= 0.6 is 0 Å². The second kappa shape index (κ2) is 13.2. The maximum Gasteiger partial charge on any atom is 0.330 e. The zero-order chi connectivity index (χ0) is 15.2. The summed E-state index contributed by atoms with van der Waals surface area (Å²) in [6.45, 7) is 8.14. The Morgan fingerprint density at radius 2 is 1.45 bits per heavy atom. The molecule has 1 unspecified atom stereocenters. The standard InChI is InChI=1S/C18H34O2/c1-4-5-6-7-8-9-10-13-16(2)14-11-12-15-17(3)18(19)20/h16H,3-15H2,1-2H3,(H,19,20). The molecule has 0 bridgehead atoms. The van der Waals surface area contributed by atoms with E-state index >= 15 is 0 Å². The minimum atomic E-state index is -0.846. The number of hydrogen-bond acceptors (Lipinski definition) is 1. The van der Waals surface area contributed by atoms with Crippen LogP contribution in [-0.4, -0.2) is 11.1 Å². The van der Waals surface area contributed by atoms with Crippen LogP contribution in [0.4, 0.5) is 0 Å². The van der Waals surface area contributed by atoms with E-state index in [4.69, 9.17) is 5.11 Å². The highest BCUT2D eigenvalue weighted by molar-refractivity contribution is 5.85. The van der Waals surface area contributed by atoms with Crippen molar-refractivity contribution in [3.63, 3.8) is 0 Å². The highest BCUT2D eigenvalue weighted by Gasteiger charge is 2.05. The van der Waals surface area contributed by atoms with Gasteiger partial charge in [0.05, 0.1) is 0 Å². The summed E-state index contributed by atoms with van der Waals surface area (Å²) in [5.74, 6) is -0.0649. The van der Waals surface area contributed by atoms with Crippen LogP contribution in [0, 0.1) is 5.92 Å². The molecule has 0 rings (SSSR count). The minimum Gasteiger partial charge on any atom is -0.478 e. The van der Waals surface area contributed by atoms with Gasteiger partial charge in [0.25, 0.3) is 0 Å². The molecular weight excluding hydrogens is 248 g/mol. The monoisotopic (exact) mass is 282 g/mol. The van der Waals surface area contributed by atoms with Gasteiger partial charge in [0.15, 0.2) is 0 Å². The summed E-state index contributed by atoms with van der Waals surface area (Å²) in [4.78, 5) is 10.6. The number of carboxylic acids is 1. The molecule has 1 N–H and O–H groups in total. The van der Waals surface area contributed by atoms with Gasteiger partial charge in [-0.3, -0.25) is 0 Å². The lowest BCUT2D eigenvalue weighted by molar-refractivity contribution is -0.132. The van der Waals surface area contributed by atoms with Gasteiger partial charge in [-0.15, -0.1) is 0 Å². The first-order valence-corrected chi connectivity index (χ1v) is 8.49. The zero-order valence-corrected chi connectivity index (χ0v) is 13.6. The normalized spacial score (nSPS) is 12.3. The van der Waals surface area contributed by atoms with Gasteiger partial charge in [0, 0.05) is 5.57 Å². The maximum absolute atomic E-state index is 10.6. The number of rotatable bonds is 14. The summed E-state index contributed by atoms with van der Waals surface area (Å²) in [6.07, 6.45) is 14.9. The Bertz CT molecular complexity index is 258. The molecule has 0 heterocycles. The third-order valence-electron chi connectivity index (χ3n) is 4.03. The minimum absolute atomic E-state index is 0.352. The lowest BCUT2D eigenvalue weighted by Gasteiger charge is -2.11. The molecule has 0 aliphatic heterocycles. The van der Waals surface area contributed by atoms with Crippen LogP contribution in [0.2, 0.25) is 0 Å². The van der Waals surface area contributed by atoms with Gasteiger partial charge in [-0.1, -0.05) is 84.6 Å². The van der Waals surface area contributed by atoms with Gasteiger partial charge in [0.1, 0.15) is 0 Å². The number of carboxylic acid groups (broad SMARTS) is 1. The molecule has 2 heteroatoms. The van der Waals surface area contributed by atoms with Gasteiger partial charge in [-0.25, -0.2) is 4.79 Å². The Hall–Kier alpha value is -0.790. The van der Waals surface area contributed by atoms with E-state index in [0.29, 0.717) is 12.0 Å². The first-order valence-electron chi connectivity index (χ1n) is 8.49. The topological polar surface area (TPSA) is 37.3 Å². The Balaban J connectivity index is 3.30. The molecule has 0 fully saturated rings. The van der Waals surface area contributed by atoms with E-state index in [1.165, 1.54) is 57.8 Å². The van der Waals surface area contributed by atoms with Crippen LogP contribution in [-0.2, 0) is 4.79 Å². The number of carbonyl (C=O) groups is 1. The van der Waals surface area contributed by atoms with Gasteiger partial charge < -0.3 is 5.11 Å². The SMILES string of the molecule is C=C(CCCCC(C)CCCCCCCCC)C(=O)O. The second-order valence-corrected chi connectivity index (χ2v) is 6.17. The molecule has 118 valence electrons. The van der Waals surface area contributed by atoms with Crippen molar-refractivity contribution in [2.45, 2.75) is 90.9 Å². The lowest BCUT2D eigenvalue weighted by atomic mass is 9.95. The van der Waals surface area contributed by atoms with E-state index in [-0.39, 0.29) is 0 Å². The molecular formula is C18H34O2. The summed E-state index contributed by atoms with van der Waals surface area (Å²) in [7, 11) is 0. The van der Waals surface area contributed by atoms with E-state index in [0.717, 1.165) is 18.8 Å². The molecule has 0 saturated heterocycles. The Labute approximate surface area is 125 Å². The van der Waals surface area contributed by atoms with Crippen molar-refractivity contribution in [3.8, 4) is 0 Å². The van der Waals surface area contributed by atoms with Crippen LogP contribution in [0.1, 0.15) is 90.9 Å². The molecule has 0 amide bonds. The molecule has 1 atom stereocenters. The molecule has 0 spiro atoms. The van der Waals surface area contributed by atoms with Crippen LogP contribution < -0.4 is 0 Å². The Morgan fingerprint density at radius 1 is 0.950 bits per heavy atom. The Kier molecular flexibility index (Phi) is 12.7. The zero-order valence-electron chi connectivity index (χ0n) is 13.6. The fourth-order valence-corrected chi connectivity index (χ4v) is 2.53. The molecule has 0 aliphatic rings. The number of hydrogen-bond donors (Lipinski definition) is 1. The third kappa shape index (κ3) is 12.3. The van der Waals surface area contributed by atoms with Crippen molar-refractivity contribution in [1.82, 2.24) is 0 Å². The van der Waals surface area contributed by atoms with E-state index in [2.05, 4.69) is 20.4 Å². The lowest BCUT2D eigenvalue weighted by Crippen LogP contribution is -2.00. The predicted molar refractivity (Wildman–Crippen MR) is 87.0 cm³/mol. The van der Waals surface area contributed by atoms with E-state index in [1.807, 2.05) is 0 Å². The molecule has 0 saturated carbocycles. The van der Waals surface area contributed by atoms with Crippen LogP contribution in [0.3, 0.4) is 0 Å². The smallest absolute Gasteiger partial charge is 0.330 e. The third-order valence-corrected chi connectivity index (χ3v) is 4.03. The van der Waals surface area contributed by atoms with Gasteiger partial charge in [-0.05, 0) is 18.8 Å². The summed E-state index contributed by atoms with van der Waals surface area (Å²) < 4.78 is 0. The fourth-order valence-electron chi connectivity index (χ4n) is 2.53. The summed E-state index contributed by atoms with van der Waals surface area (Å²) in [6, 6.07) is 0. The van der Waals surface area contributed by atoms with Crippen molar-refractivity contribution in [2.24, 2.45) is 5.92 Å². The average molecular weight is 282 g/mol. The first-order chi connectivity index (χ1) is 9.57. The van der Waals surface area contributed by atoms with Crippen LogP contribution in [0.25, 0.3) is 0 Å². The van der Waals surface area contributed by atoms with Gasteiger partial charge >= 0.3 is 5.97 Å². The predicted octanol–water partition coefficient (Wildman–Crippen LogP) is 5.96. The van der Waals surface area contributed by atoms with Gasteiger partial charge in [0.2, 0.25) is 0 Å². The van der Waals surface area contributed by atoms with Crippen molar-refractivity contribution in [2.75, 3.05) is 0 Å². The fraction of sp³-hybridized carbons (Fsp3) is 0.833. The average Bonchev–Trinajstić information content (AvgIpc) is 2.42. The molecule has 0 aliphatic carbocycles. The first kappa shape index (κ1) is 19.2. The highest BCUT2D eigenvalue weighted by Crippen LogP contribution is 2.18. The quantitative estimate of drug-likeness (QED) is 0.315. The number of aliphatic carboxylic acids is 1. The molecule has 0 radical (unpaired) electrons. The largest absolute Gasteiger partial charge is 0.478 e. The highest BCUT2D eigenvalue weighted by atomic mass is 16.4. The van der Waals surface area contributed by atoms with Crippen molar-refractivity contribution in [1.29, 1.82) is 0 Å². The molecule has 0 aromatic heterocycles. The summed E-state index contributed by atoms with van der Waals surface area (Å²) >= 11 is 0. The van der Waals surface area contributed by atoms with Gasteiger partial charge in [-0.2, -0.15) is 0 Å². The van der Waals surface area contributed by atoms with Crippen molar-refractivity contribution < 1.29 is 9.90 Å². The van der Waals surface area contributed by atoms with Crippen molar-refractivity contribution in [3.05, 3.63) is 12.2 Å². The summed E-state index contributed by atoms with van der Waals surface area (Å²) in [5, 5.41) is 8.71. The molecule has 0 aromatic carbocycles. The molecule has 2 nitrogen and oxygen atoms in total. The van der Waals surface area contributed by atoms with Crippen molar-refractivity contribution >= 4 is 5.97 Å². The second-order valence-electron chi connectivity index (χ2n) is 6.17. The van der Waals surface area contributed by atoms with Crippen LogP contribution in [0.5, 0.6) is 0 Å². The van der Waals surface area contributed by atoms with E-state index in [1.54, 1.807) is 0 Å². The number of unbranched alkanes of at least 4 members (excludes halogenated alkanes) is 7. The van der Waals surface area contributed by atoms with E-state index in [9.17, 15) is 4.79 Å². The van der Waals surface area contributed by atoms with E-state index < -0.39 is 5.97 Å². The summed E-state index contributed by atoms with van der Waals surface area (Å²) in [5.41, 5.74) is 0.352. The van der Waals surface area contributed by atoms with Crippen LogP contribution in [0.15, 0.2) is 12.2 Å².